The fourth-order valence-electron chi connectivity index (χ4n) is 3.77. The van der Waals surface area contributed by atoms with Gasteiger partial charge in [0.2, 0.25) is 0 Å². The van der Waals surface area contributed by atoms with Gasteiger partial charge in [-0.3, -0.25) is 9.69 Å². The maximum Gasteiger partial charge on any atom is 0.266 e. The average molecular weight is 420 g/mol. The third-order valence-corrected chi connectivity index (χ3v) is 5.74. The molecule has 0 fully saturated rings. The minimum absolute atomic E-state index is 0.102. The maximum absolute atomic E-state index is 12.2. The summed E-state index contributed by atoms with van der Waals surface area (Å²) in [5.41, 5.74) is 3.91. The Labute approximate surface area is 185 Å². The number of rotatable bonds is 11. The zero-order valence-corrected chi connectivity index (χ0v) is 18.6. The van der Waals surface area contributed by atoms with Crippen LogP contribution in [-0.2, 0) is 13.1 Å². The molecule has 164 valence electrons. The number of aryl methyl sites for hydroxylation is 2. The van der Waals surface area contributed by atoms with Gasteiger partial charge in [0.05, 0.1) is 5.69 Å². The smallest absolute Gasteiger partial charge is 0.266 e. The van der Waals surface area contributed by atoms with E-state index in [0.29, 0.717) is 17.8 Å². The molecule has 0 saturated carbocycles. The van der Waals surface area contributed by atoms with Gasteiger partial charge >= 0.3 is 0 Å². The van der Waals surface area contributed by atoms with Crippen molar-refractivity contribution >= 4 is 0 Å². The SMILES string of the molecule is CCN(CCCCCCn1nc(-c2ccccc2O)ccc1=O)Cc1ccccc1C. The Bertz CT molecular complexity index is 1030. The molecule has 1 aromatic heterocycles. The van der Waals surface area contributed by atoms with Crippen molar-refractivity contribution in [2.75, 3.05) is 13.1 Å². The normalized spacial score (nSPS) is 11.2. The van der Waals surface area contributed by atoms with Crippen molar-refractivity contribution in [1.82, 2.24) is 14.7 Å². The summed E-state index contributed by atoms with van der Waals surface area (Å²) in [7, 11) is 0. The van der Waals surface area contributed by atoms with Gasteiger partial charge < -0.3 is 5.11 Å². The quantitative estimate of drug-likeness (QED) is 0.444. The number of hydrogen-bond donors (Lipinski definition) is 1. The minimum Gasteiger partial charge on any atom is -0.507 e. The molecule has 5 heteroatoms. The number of benzene rings is 2. The first-order valence-electron chi connectivity index (χ1n) is 11.2. The molecule has 5 nitrogen and oxygen atoms in total. The summed E-state index contributed by atoms with van der Waals surface area (Å²) in [6.07, 6.45) is 4.27. The Morgan fingerprint density at radius 3 is 2.45 bits per heavy atom. The molecule has 0 atom stereocenters. The summed E-state index contributed by atoms with van der Waals surface area (Å²) in [5.74, 6) is 0.173. The summed E-state index contributed by atoms with van der Waals surface area (Å²) in [5, 5.41) is 14.5. The lowest BCUT2D eigenvalue weighted by atomic mass is 10.1. The number of hydrogen-bond acceptors (Lipinski definition) is 4. The zero-order chi connectivity index (χ0) is 22.1. The predicted octanol–water partition coefficient (Wildman–Crippen LogP) is 5.01. The van der Waals surface area contributed by atoms with Crippen LogP contribution in [0.2, 0.25) is 0 Å². The van der Waals surface area contributed by atoms with E-state index >= 15 is 0 Å². The Morgan fingerprint density at radius 1 is 0.935 bits per heavy atom. The first-order chi connectivity index (χ1) is 15.1. The summed E-state index contributed by atoms with van der Waals surface area (Å²) in [6.45, 7) is 8.13. The highest BCUT2D eigenvalue weighted by Crippen LogP contribution is 2.25. The zero-order valence-electron chi connectivity index (χ0n) is 18.6. The first kappa shape index (κ1) is 22.8. The first-order valence-corrected chi connectivity index (χ1v) is 11.2. The second-order valence-corrected chi connectivity index (χ2v) is 8.01. The Kier molecular flexibility index (Phi) is 8.42. The number of para-hydroxylation sites is 1. The van der Waals surface area contributed by atoms with Crippen LogP contribution in [0, 0.1) is 6.92 Å². The second kappa shape index (κ2) is 11.5. The molecule has 3 aromatic rings. The molecule has 0 saturated heterocycles. The van der Waals surface area contributed by atoms with E-state index in [0.717, 1.165) is 45.3 Å². The van der Waals surface area contributed by atoms with Crippen molar-refractivity contribution < 1.29 is 5.11 Å². The van der Waals surface area contributed by atoms with Gasteiger partial charge in [-0.25, -0.2) is 4.68 Å². The molecular formula is C26H33N3O2. The van der Waals surface area contributed by atoms with Crippen LogP contribution >= 0.6 is 0 Å². The second-order valence-electron chi connectivity index (χ2n) is 8.01. The van der Waals surface area contributed by atoms with Crippen molar-refractivity contribution in [3.05, 3.63) is 82.1 Å². The number of phenolic OH excluding ortho intramolecular Hbond substituents is 1. The van der Waals surface area contributed by atoms with Crippen LogP contribution in [0.1, 0.15) is 43.7 Å². The van der Waals surface area contributed by atoms with E-state index in [2.05, 4.69) is 48.1 Å². The molecule has 2 aromatic carbocycles. The molecule has 0 aliphatic heterocycles. The lowest BCUT2D eigenvalue weighted by Crippen LogP contribution is -2.24. The molecule has 0 aliphatic rings. The number of nitrogens with zero attached hydrogens (tertiary/aromatic N) is 3. The monoisotopic (exact) mass is 419 g/mol. The van der Waals surface area contributed by atoms with Gasteiger partial charge in [-0.05, 0) is 62.2 Å². The molecule has 1 heterocycles. The van der Waals surface area contributed by atoms with E-state index in [4.69, 9.17) is 0 Å². The van der Waals surface area contributed by atoms with Gasteiger partial charge in [-0.15, -0.1) is 0 Å². The molecule has 31 heavy (non-hydrogen) atoms. The lowest BCUT2D eigenvalue weighted by molar-refractivity contribution is 0.271. The van der Waals surface area contributed by atoms with E-state index in [1.807, 2.05) is 12.1 Å². The molecule has 0 aliphatic carbocycles. The van der Waals surface area contributed by atoms with Crippen molar-refractivity contribution in [2.24, 2.45) is 0 Å². The molecule has 0 unspecified atom stereocenters. The Hall–Kier alpha value is -2.92. The summed E-state index contributed by atoms with van der Waals surface area (Å²) in [4.78, 5) is 14.7. The van der Waals surface area contributed by atoms with Crippen molar-refractivity contribution in [3.63, 3.8) is 0 Å². The van der Waals surface area contributed by atoms with E-state index in [9.17, 15) is 9.90 Å². The van der Waals surface area contributed by atoms with Crippen LogP contribution < -0.4 is 5.56 Å². The van der Waals surface area contributed by atoms with E-state index < -0.39 is 0 Å². The van der Waals surface area contributed by atoms with E-state index in [1.54, 1.807) is 18.2 Å². The average Bonchev–Trinajstić information content (AvgIpc) is 2.78. The summed E-state index contributed by atoms with van der Waals surface area (Å²) >= 11 is 0. The number of unbranched alkanes of at least 4 members (excludes halogenated alkanes) is 3. The van der Waals surface area contributed by atoms with Crippen molar-refractivity contribution in [2.45, 2.75) is 52.6 Å². The number of phenols is 1. The minimum atomic E-state index is -0.102. The van der Waals surface area contributed by atoms with Gasteiger partial charge in [0.1, 0.15) is 5.75 Å². The van der Waals surface area contributed by atoms with Crippen LogP contribution in [0.4, 0.5) is 0 Å². The van der Waals surface area contributed by atoms with Crippen LogP contribution in [-0.4, -0.2) is 32.9 Å². The lowest BCUT2D eigenvalue weighted by Gasteiger charge is -2.21. The van der Waals surface area contributed by atoms with Gasteiger partial charge in [0, 0.05) is 24.7 Å². The van der Waals surface area contributed by atoms with Crippen LogP contribution in [0.5, 0.6) is 5.75 Å². The number of aromatic hydroxyl groups is 1. The third kappa shape index (κ3) is 6.53. The molecule has 0 spiro atoms. The molecule has 0 amide bonds. The molecule has 0 bridgehead atoms. The number of aromatic nitrogens is 2. The third-order valence-electron chi connectivity index (χ3n) is 5.74. The van der Waals surface area contributed by atoms with Crippen LogP contribution in [0.15, 0.2) is 65.5 Å². The highest BCUT2D eigenvalue weighted by molar-refractivity contribution is 5.65. The van der Waals surface area contributed by atoms with Crippen LogP contribution in [0.25, 0.3) is 11.3 Å². The van der Waals surface area contributed by atoms with Gasteiger partial charge in [0.15, 0.2) is 0 Å². The standard InChI is InChI=1S/C26H33N3O2/c1-3-28(20-22-13-7-6-12-21(22)2)18-10-4-5-11-19-29-26(31)17-16-24(27-29)23-14-8-9-15-25(23)30/h6-9,12-17,30H,3-5,10-11,18-20H2,1-2H3. The Balaban J connectivity index is 1.44. The Morgan fingerprint density at radius 2 is 1.68 bits per heavy atom. The summed E-state index contributed by atoms with van der Waals surface area (Å²) < 4.78 is 1.51. The van der Waals surface area contributed by atoms with Crippen molar-refractivity contribution in [3.8, 4) is 17.0 Å². The summed E-state index contributed by atoms with van der Waals surface area (Å²) in [6, 6.07) is 18.9. The fourth-order valence-corrected chi connectivity index (χ4v) is 3.77. The van der Waals surface area contributed by atoms with E-state index in [1.165, 1.54) is 21.9 Å². The van der Waals surface area contributed by atoms with Gasteiger partial charge in [-0.1, -0.05) is 56.2 Å². The molecule has 1 N–H and O–H groups in total. The maximum atomic E-state index is 12.2. The van der Waals surface area contributed by atoms with Crippen LogP contribution in [0.3, 0.4) is 0 Å². The van der Waals surface area contributed by atoms with E-state index in [-0.39, 0.29) is 11.3 Å². The predicted molar refractivity (Wildman–Crippen MR) is 126 cm³/mol. The fraction of sp³-hybridized carbons (Fsp3) is 0.385. The highest BCUT2D eigenvalue weighted by atomic mass is 16.3. The molecule has 3 rings (SSSR count). The van der Waals surface area contributed by atoms with Gasteiger partial charge in [-0.2, -0.15) is 5.10 Å². The van der Waals surface area contributed by atoms with Gasteiger partial charge in [0.25, 0.3) is 5.56 Å². The molecular weight excluding hydrogens is 386 g/mol. The highest BCUT2D eigenvalue weighted by Gasteiger charge is 2.08. The topological polar surface area (TPSA) is 58.4 Å². The molecule has 0 radical (unpaired) electrons. The van der Waals surface area contributed by atoms with Crippen molar-refractivity contribution in [1.29, 1.82) is 0 Å². The largest absolute Gasteiger partial charge is 0.507 e.